The molecule has 0 spiro atoms. The summed E-state index contributed by atoms with van der Waals surface area (Å²) in [5, 5.41) is 0. The maximum absolute atomic E-state index is 12.8. The van der Waals surface area contributed by atoms with Crippen molar-refractivity contribution < 1.29 is 23.5 Å². The molecular weight excluding hydrogens is 323 g/mol. The van der Waals surface area contributed by atoms with Gasteiger partial charge >= 0.3 is 6.09 Å². The third-order valence-corrected chi connectivity index (χ3v) is 2.45. The van der Waals surface area contributed by atoms with E-state index >= 15 is 0 Å². The zero-order chi connectivity index (χ0) is 14.3. The number of benzene rings is 1. The SMILES string of the molecule is CCOC(=O)NNC(=O)COc1ccc(F)cc1Br. The van der Waals surface area contributed by atoms with Gasteiger partial charge in [-0.25, -0.2) is 14.6 Å². The molecule has 0 bridgehead atoms. The van der Waals surface area contributed by atoms with Crippen molar-refractivity contribution in [3.05, 3.63) is 28.5 Å². The minimum Gasteiger partial charge on any atom is -0.483 e. The molecule has 0 fully saturated rings. The van der Waals surface area contributed by atoms with Gasteiger partial charge in [0.2, 0.25) is 0 Å². The smallest absolute Gasteiger partial charge is 0.426 e. The predicted molar refractivity (Wildman–Crippen MR) is 67.9 cm³/mol. The number of hydrogen-bond donors (Lipinski definition) is 2. The summed E-state index contributed by atoms with van der Waals surface area (Å²) in [4.78, 5) is 22.2. The van der Waals surface area contributed by atoms with E-state index in [1.807, 2.05) is 5.43 Å². The summed E-state index contributed by atoms with van der Waals surface area (Å²) in [7, 11) is 0. The van der Waals surface area contributed by atoms with E-state index in [2.05, 4.69) is 26.1 Å². The van der Waals surface area contributed by atoms with Crippen molar-refractivity contribution in [3.63, 3.8) is 0 Å². The molecule has 19 heavy (non-hydrogen) atoms. The number of hydrazine groups is 1. The summed E-state index contributed by atoms with van der Waals surface area (Å²) in [5.74, 6) is -0.690. The molecule has 1 aromatic rings. The van der Waals surface area contributed by atoms with Crippen LogP contribution >= 0.6 is 15.9 Å². The van der Waals surface area contributed by atoms with Crippen molar-refractivity contribution in [3.8, 4) is 5.75 Å². The molecule has 0 atom stereocenters. The average Bonchev–Trinajstić information content (AvgIpc) is 2.35. The summed E-state index contributed by atoms with van der Waals surface area (Å²) < 4.78 is 22.9. The molecule has 0 saturated heterocycles. The number of carbonyl (C=O) groups excluding carboxylic acids is 2. The summed E-state index contributed by atoms with van der Waals surface area (Å²) in [6.45, 7) is 1.49. The summed E-state index contributed by atoms with van der Waals surface area (Å²) in [6, 6.07) is 3.80. The molecule has 0 heterocycles. The van der Waals surface area contributed by atoms with Crippen LogP contribution in [0, 0.1) is 5.82 Å². The Morgan fingerprint density at radius 2 is 2.11 bits per heavy atom. The van der Waals surface area contributed by atoms with Crippen molar-refractivity contribution >= 4 is 27.9 Å². The van der Waals surface area contributed by atoms with Gasteiger partial charge in [-0.3, -0.25) is 10.2 Å². The van der Waals surface area contributed by atoms with Gasteiger partial charge in [-0.05, 0) is 41.1 Å². The van der Waals surface area contributed by atoms with Crippen molar-refractivity contribution in [2.45, 2.75) is 6.92 Å². The first-order chi connectivity index (χ1) is 9.02. The Labute approximate surface area is 117 Å². The van der Waals surface area contributed by atoms with Crippen LogP contribution in [0.4, 0.5) is 9.18 Å². The van der Waals surface area contributed by atoms with Crippen LogP contribution in [0.1, 0.15) is 6.92 Å². The van der Waals surface area contributed by atoms with E-state index in [-0.39, 0.29) is 13.2 Å². The third kappa shape index (κ3) is 5.56. The van der Waals surface area contributed by atoms with Gasteiger partial charge < -0.3 is 9.47 Å². The lowest BCUT2D eigenvalue weighted by Crippen LogP contribution is -2.44. The highest BCUT2D eigenvalue weighted by molar-refractivity contribution is 9.10. The summed E-state index contributed by atoms with van der Waals surface area (Å²) in [5.41, 5.74) is 4.12. The number of ether oxygens (including phenoxy) is 2. The Bertz CT molecular complexity index is 470. The number of carbonyl (C=O) groups is 2. The fourth-order valence-electron chi connectivity index (χ4n) is 1.06. The van der Waals surface area contributed by atoms with E-state index in [1.165, 1.54) is 18.2 Å². The third-order valence-electron chi connectivity index (χ3n) is 1.83. The highest BCUT2D eigenvalue weighted by Gasteiger charge is 2.07. The number of hydrogen-bond acceptors (Lipinski definition) is 4. The van der Waals surface area contributed by atoms with Gasteiger partial charge in [-0.2, -0.15) is 0 Å². The van der Waals surface area contributed by atoms with Gasteiger partial charge in [-0.1, -0.05) is 0 Å². The van der Waals surface area contributed by atoms with Crippen LogP contribution in [-0.2, 0) is 9.53 Å². The van der Waals surface area contributed by atoms with Crippen molar-refractivity contribution in [1.82, 2.24) is 10.9 Å². The highest BCUT2D eigenvalue weighted by Crippen LogP contribution is 2.25. The fraction of sp³-hybridized carbons (Fsp3) is 0.273. The van der Waals surface area contributed by atoms with E-state index in [9.17, 15) is 14.0 Å². The van der Waals surface area contributed by atoms with Crippen LogP contribution in [0.3, 0.4) is 0 Å². The number of amides is 2. The topological polar surface area (TPSA) is 76.7 Å². The van der Waals surface area contributed by atoms with E-state index in [4.69, 9.17) is 4.74 Å². The van der Waals surface area contributed by atoms with E-state index < -0.39 is 17.8 Å². The molecule has 0 aliphatic carbocycles. The van der Waals surface area contributed by atoms with Crippen molar-refractivity contribution in [1.29, 1.82) is 0 Å². The normalized spacial score (nSPS) is 9.63. The van der Waals surface area contributed by atoms with Crippen molar-refractivity contribution in [2.75, 3.05) is 13.2 Å². The second-order valence-electron chi connectivity index (χ2n) is 3.26. The predicted octanol–water partition coefficient (Wildman–Crippen LogP) is 1.74. The lowest BCUT2D eigenvalue weighted by Gasteiger charge is -2.09. The zero-order valence-corrected chi connectivity index (χ0v) is 11.6. The molecular formula is C11H12BrFN2O4. The standard InChI is InChI=1S/C11H12BrFN2O4/c1-2-18-11(17)15-14-10(16)6-19-9-4-3-7(13)5-8(9)12/h3-5H,2,6H2,1H3,(H,14,16)(H,15,17). The lowest BCUT2D eigenvalue weighted by molar-refractivity contribution is -0.124. The Kier molecular flexibility index (Phi) is 6.07. The first-order valence-electron chi connectivity index (χ1n) is 5.32. The Hall–Kier alpha value is -1.83. The maximum atomic E-state index is 12.8. The molecule has 0 unspecified atom stereocenters. The zero-order valence-electron chi connectivity index (χ0n) is 10.0. The van der Waals surface area contributed by atoms with Crippen LogP contribution < -0.4 is 15.6 Å². The molecule has 1 aromatic carbocycles. The Morgan fingerprint density at radius 3 is 2.74 bits per heavy atom. The molecule has 1 rings (SSSR count). The molecule has 104 valence electrons. The fourth-order valence-corrected chi connectivity index (χ4v) is 1.52. The molecule has 6 nitrogen and oxygen atoms in total. The van der Waals surface area contributed by atoms with Crippen LogP contribution in [0.5, 0.6) is 5.75 Å². The van der Waals surface area contributed by atoms with Gasteiger partial charge in [0, 0.05) is 0 Å². The second-order valence-corrected chi connectivity index (χ2v) is 4.11. The summed E-state index contributed by atoms with van der Waals surface area (Å²) in [6.07, 6.45) is -0.765. The highest BCUT2D eigenvalue weighted by atomic mass is 79.9. The van der Waals surface area contributed by atoms with Gasteiger partial charge in [0.25, 0.3) is 5.91 Å². The molecule has 0 radical (unpaired) electrons. The first-order valence-corrected chi connectivity index (χ1v) is 6.11. The van der Waals surface area contributed by atoms with Crippen molar-refractivity contribution in [2.24, 2.45) is 0 Å². The van der Waals surface area contributed by atoms with Gasteiger partial charge in [0.1, 0.15) is 11.6 Å². The molecule has 0 aromatic heterocycles. The summed E-state index contributed by atoms with van der Waals surface area (Å²) >= 11 is 3.09. The van der Waals surface area contributed by atoms with Gasteiger partial charge in [-0.15, -0.1) is 0 Å². The molecule has 0 aliphatic rings. The van der Waals surface area contributed by atoms with Crippen LogP contribution in [0.2, 0.25) is 0 Å². The van der Waals surface area contributed by atoms with E-state index in [0.29, 0.717) is 10.2 Å². The second kappa shape index (κ2) is 7.57. The minimum atomic E-state index is -0.765. The van der Waals surface area contributed by atoms with Crippen LogP contribution in [-0.4, -0.2) is 25.2 Å². The lowest BCUT2D eigenvalue weighted by atomic mass is 10.3. The van der Waals surface area contributed by atoms with Crippen LogP contribution in [0.15, 0.2) is 22.7 Å². The van der Waals surface area contributed by atoms with E-state index in [0.717, 1.165) is 0 Å². The average molecular weight is 335 g/mol. The monoisotopic (exact) mass is 334 g/mol. The first kappa shape index (κ1) is 15.2. The number of halogens is 2. The Morgan fingerprint density at radius 1 is 1.37 bits per heavy atom. The number of rotatable bonds is 4. The quantitative estimate of drug-likeness (QED) is 0.822. The molecule has 0 saturated carbocycles. The van der Waals surface area contributed by atoms with Gasteiger partial charge in [0.15, 0.2) is 6.61 Å². The molecule has 2 N–H and O–H groups in total. The van der Waals surface area contributed by atoms with E-state index in [1.54, 1.807) is 6.92 Å². The molecule has 2 amide bonds. The molecule has 0 aliphatic heterocycles. The largest absolute Gasteiger partial charge is 0.483 e. The Balaban J connectivity index is 2.36. The number of nitrogens with one attached hydrogen (secondary N) is 2. The molecule has 8 heteroatoms. The van der Waals surface area contributed by atoms with Crippen LogP contribution in [0.25, 0.3) is 0 Å². The van der Waals surface area contributed by atoms with Gasteiger partial charge in [0.05, 0.1) is 11.1 Å². The minimum absolute atomic E-state index is 0.195. The maximum Gasteiger partial charge on any atom is 0.426 e.